The fourth-order valence-corrected chi connectivity index (χ4v) is 3.97. The Morgan fingerprint density at radius 1 is 1.06 bits per heavy atom. The van der Waals surface area contributed by atoms with Crippen molar-refractivity contribution in [3.63, 3.8) is 0 Å². The zero-order valence-corrected chi connectivity index (χ0v) is 18.3. The van der Waals surface area contributed by atoms with Gasteiger partial charge in [-0.2, -0.15) is 0 Å². The summed E-state index contributed by atoms with van der Waals surface area (Å²) in [4.78, 5) is 50.6. The summed E-state index contributed by atoms with van der Waals surface area (Å²) >= 11 is 0. The minimum Gasteiger partial charge on any atom is -0.484 e. The summed E-state index contributed by atoms with van der Waals surface area (Å²) in [5, 5.41) is 5.02. The van der Waals surface area contributed by atoms with E-state index in [1.54, 1.807) is 24.3 Å². The lowest BCUT2D eigenvalue weighted by Crippen LogP contribution is -2.57. The van der Waals surface area contributed by atoms with Crippen molar-refractivity contribution in [3.05, 3.63) is 65.2 Å². The van der Waals surface area contributed by atoms with Gasteiger partial charge >= 0.3 is 6.03 Å². The molecule has 2 aromatic carbocycles. The van der Waals surface area contributed by atoms with Crippen LogP contribution in [-0.4, -0.2) is 41.3 Å². The Bertz CT molecular complexity index is 1100. The third-order valence-corrected chi connectivity index (χ3v) is 5.72. The topological polar surface area (TPSA) is 105 Å². The lowest BCUT2D eigenvalue weighted by Gasteiger charge is -2.31. The molecule has 5 amide bonds. The van der Waals surface area contributed by atoms with Gasteiger partial charge in [0.1, 0.15) is 11.3 Å². The predicted molar refractivity (Wildman–Crippen MR) is 122 cm³/mol. The number of nitrogens with one attached hydrogen (secondary N) is 2. The summed E-state index contributed by atoms with van der Waals surface area (Å²) in [6, 6.07) is 13.3. The zero-order valence-electron chi connectivity index (χ0n) is 18.3. The molecule has 4 rings (SSSR count). The number of urea groups is 1. The molecule has 0 atom stereocenters. The van der Waals surface area contributed by atoms with Gasteiger partial charge in [0.2, 0.25) is 0 Å². The average Bonchev–Trinajstić information content (AvgIpc) is 3.32. The fraction of sp³-hybridized carbons (Fsp3) is 0.280. The van der Waals surface area contributed by atoms with Gasteiger partial charge in [-0.15, -0.1) is 0 Å². The molecule has 2 aromatic rings. The number of aryl methyl sites for hydroxylation is 1. The number of carbonyl (C=O) groups excluding carboxylic acids is 4. The largest absolute Gasteiger partial charge is 0.484 e. The molecule has 1 aliphatic heterocycles. The number of rotatable bonds is 6. The molecule has 0 aromatic heterocycles. The molecule has 2 aliphatic rings. The highest BCUT2D eigenvalue weighted by atomic mass is 16.5. The van der Waals surface area contributed by atoms with Crippen molar-refractivity contribution in [2.24, 2.45) is 0 Å². The Morgan fingerprint density at radius 2 is 1.73 bits per heavy atom. The monoisotopic (exact) mass is 447 g/mol. The molecule has 0 radical (unpaired) electrons. The van der Waals surface area contributed by atoms with Crippen molar-refractivity contribution in [3.8, 4) is 5.75 Å². The van der Waals surface area contributed by atoms with Crippen LogP contribution < -0.4 is 15.4 Å². The highest BCUT2D eigenvalue weighted by Gasteiger charge is 2.40. The number of carbonyl (C=O) groups is 4. The van der Waals surface area contributed by atoms with Crippen molar-refractivity contribution >= 4 is 35.5 Å². The van der Waals surface area contributed by atoms with Crippen LogP contribution in [0.15, 0.2) is 54.1 Å². The lowest BCUT2D eigenvalue weighted by atomic mass is 10.1. The van der Waals surface area contributed by atoms with Crippen molar-refractivity contribution in [1.29, 1.82) is 0 Å². The van der Waals surface area contributed by atoms with Gasteiger partial charge in [-0.1, -0.05) is 42.7 Å². The van der Waals surface area contributed by atoms with E-state index >= 15 is 0 Å². The van der Waals surface area contributed by atoms with E-state index in [1.807, 2.05) is 31.2 Å². The highest BCUT2D eigenvalue weighted by Crippen LogP contribution is 2.27. The molecule has 170 valence electrons. The molecule has 0 spiro atoms. The molecule has 2 fully saturated rings. The van der Waals surface area contributed by atoms with Gasteiger partial charge in [0, 0.05) is 11.7 Å². The van der Waals surface area contributed by atoms with Crippen LogP contribution in [0.25, 0.3) is 6.08 Å². The maximum atomic E-state index is 12.9. The van der Waals surface area contributed by atoms with Gasteiger partial charge < -0.3 is 10.1 Å². The van der Waals surface area contributed by atoms with Gasteiger partial charge in [-0.25, -0.2) is 4.79 Å². The van der Waals surface area contributed by atoms with E-state index in [1.165, 1.54) is 11.0 Å². The van der Waals surface area contributed by atoms with Crippen LogP contribution in [0.3, 0.4) is 0 Å². The van der Waals surface area contributed by atoms with E-state index in [-0.39, 0.29) is 24.1 Å². The number of nitrogens with zero attached hydrogens (tertiary/aromatic N) is 1. The van der Waals surface area contributed by atoms with E-state index in [4.69, 9.17) is 4.74 Å². The minimum absolute atomic E-state index is 0.0763. The summed E-state index contributed by atoms with van der Waals surface area (Å²) in [7, 11) is 0. The average molecular weight is 447 g/mol. The van der Waals surface area contributed by atoms with Crippen LogP contribution in [-0.2, 0) is 14.4 Å². The van der Waals surface area contributed by atoms with E-state index in [9.17, 15) is 19.2 Å². The quantitative estimate of drug-likeness (QED) is 0.522. The molecule has 0 unspecified atom stereocenters. The number of ether oxygens (including phenoxy) is 1. The van der Waals surface area contributed by atoms with E-state index < -0.39 is 17.8 Å². The third-order valence-electron chi connectivity index (χ3n) is 5.72. The van der Waals surface area contributed by atoms with Crippen molar-refractivity contribution in [2.45, 2.75) is 38.6 Å². The first-order chi connectivity index (χ1) is 15.9. The summed E-state index contributed by atoms with van der Waals surface area (Å²) in [5.74, 6) is -1.08. The maximum absolute atomic E-state index is 12.9. The van der Waals surface area contributed by atoms with Crippen molar-refractivity contribution in [2.75, 3.05) is 11.9 Å². The van der Waals surface area contributed by atoms with Crippen LogP contribution in [0, 0.1) is 6.92 Å². The van der Waals surface area contributed by atoms with Crippen LogP contribution in [0.5, 0.6) is 5.75 Å². The van der Waals surface area contributed by atoms with E-state index in [0.29, 0.717) is 17.0 Å². The zero-order chi connectivity index (χ0) is 23.4. The first kappa shape index (κ1) is 22.3. The second kappa shape index (κ2) is 9.68. The number of benzene rings is 2. The van der Waals surface area contributed by atoms with Gasteiger partial charge in [-0.3, -0.25) is 24.6 Å². The Balaban J connectivity index is 1.38. The summed E-state index contributed by atoms with van der Waals surface area (Å²) in [6.45, 7) is 1.81. The first-order valence-electron chi connectivity index (χ1n) is 10.9. The van der Waals surface area contributed by atoms with Gasteiger partial charge in [0.05, 0.1) is 0 Å². The number of imide groups is 2. The van der Waals surface area contributed by atoms with Crippen molar-refractivity contribution < 1.29 is 23.9 Å². The normalized spacial score (nSPS) is 17.9. The molecular formula is C25H25N3O5. The molecule has 8 nitrogen and oxygen atoms in total. The minimum atomic E-state index is -0.702. The Labute approximate surface area is 191 Å². The Hall–Kier alpha value is -3.94. The van der Waals surface area contributed by atoms with Gasteiger partial charge in [-0.05, 0) is 55.7 Å². The van der Waals surface area contributed by atoms with Crippen LogP contribution in [0.2, 0.25) is 0 Å². The first-order valence-corrected chi connectivity index (χ1v) is 10.9. The maximum Gasteiger partial charge on any atom is 0.331 e. The van der Waals surface area contributed by atoms with Crippen LogP contribution in [0.4, 0.5) is 10.5 Å². The van der Waals surface area contributed by atoms with Crippen LogP contribution in [0.1, 0.15) is 36.8 Å². The Kier molecular flexibility index (Phi) is 6.53. The molecule has 2 N–H and O–H groups in total. The number of amides is 5. The fourth-order valence-electron chi connectivity index (χ4n) is 3.97. The molecular weight excluding hydrogens is 422 g/mol. The van der Waals surface area contributed by atoms with Gasteiger partial charge in [0.25, 0.3) is 17.7 Å². The molecule has 8 heteroatoms. The Morgan fingerprint density at radius 3 is 2.39 bits per heavy atom. The number of barbiturate groups is 1. The second-order valence-corrected chi connectivity index (χ2v) is 8.20. The van der Waals surface area contributed by atoms with Crippen LogP contribution >= 0.6 is 0 Å². The molecule has 1 saturated carbocycles. The molecule has 1 saturated heterocycles. The number of hydrogen-bond acceptors (Lipinski definition) is 5. The highest BCUT2D eigenvalue weighted by molar-refractivity contribution is 6.31. The predicted octanol–water partition coefficient (Wildman–Crippen LogP) is 3.42. The third kappa shape index (κ3) is 5.28. The number of hydrogen-bond donors (Lipinski definition) is 2. The summed E-state index contributed by atoms with van der Waals surface area (Å²) in [6.07, 6.45) is 4.88. The number of anilines is 1. The lowest BCUT2D eigenvalue weighted by molar-refractivity contribution is -0.131. The molecule has 33 heavy (non-hydrogen) atoms. The van der Waals surface area contributed by atoms with Crippen molar-refractivity contribution in [1.82, 2.24) is 10.2 Å². The summed E-state index contributed by atoms with van der Waals surface area (Å²) < 4.78 is 5.52. The molecule has 1 heterocycles. The second-order valence-electron chi connectivity index (χ2n) is 8.20. The summed E-state index contributed by atoms with van der Waals surface area (Å²) in [5.41, 5.74) is 2.32. The van der Waals surface area contributed by atoms with Gasteiger partial charge in [0.15, 0.2) is 6.61 Å². The SMILES string of the molecule is Cc1ccc(NC(=O)COc2ccc(/C=C3\C(=O)NC(=O)N(C4CCCC4)C3=O)cc2)cc1. The van der Waals surface area contributed by atoms with E-state index in [2.05, 4.69) is 10.6 Å². The molecule has 0 bridgehead atoms. The molecule has 1 aliphatic carbocycles. The smallest absolute Gasteiger partial charge is 0.331 e. The standard InChI is InChI=1S/C25H25N3O5/c1-16-6-10-18(11-7-16)26-22(29)15-33-20-12-8-17(9-13-20)14-21-23(30)27-25(32)28(24(21)31)19-4-2-3-5-19/h6-14,19H,2-5,15H2,1H3,(H,26,29)(H,27,30,32)/b21-14+. The van der Waals surface area contributed by atoms with E-state index in [0.717, 1.165) is 31.2 Å².